The van der Waals surface area contributed by atoms with Crippen LogP contribution in [0.4, 0.5) is 5.69 Å². The smallest absolute Gasteiger partial charge is 0.339 e. The Kier molecular flexibility index (Phi) is 6.36. The van der Waals surface area contributed by atoms with Gasteiger partial charge in [-0.15, -0.1) is 0 Å². The number of anilines is 1. The van der Waals surface area contributed by atoms with Crippen molar-refractivity contribution in [2.75, 3.05) is 12.3 Å². The summed E-state index contributed by atoms with van der Waals surface area (Å²) >= 11 is 0. The van der Waals surface area contributed by atoms with Crippen molar-refractivity contribution in [2.24, 2.45) is 5.16 Å². The van der Waals surface area contributed by atoms with Gasteiger partial charge in [0.2, 0.25) is 0 Å². The van der Waals surface area contributed by atoms with E-state index in [1.54, 1.807) is 48.5 Å². The third kappa shape index (κ3) is 5.49. The van der Waals surface area contributed by atoms with Gasteiger partial charge in [-0.25, -0.2) is 0 Å². The van der Waals surface area contributed by atoms with Crippen molar-refractivity contribution in [3.63, 3.8) is 0 Å². The first-order valence-electron chi connectivity index (χ1n) is 8.76. The van der Waals surface area contributed by atoms with Crippen molar-refractivity contribution in [3.8, 4) is 11.5 Å². The maximum atomic E-state index is 12.3. The molecule has 3 rings (SSSR count). The predicted molar refractivity (Wildman–Crippen MR) is 110 cm³/mol. The Hall–Kier alpha value is -3.52. The summed E-state index contributed by atoms with van der Waals surface area (Å²) in [6.07, 6.45) is 1.85. The van der Waals surface area contributed by atoms with E-state index in [2.05, 4.69) is 5.16 Å². The van der Waals surface area contributed by atoms with Crippen LogP contribution in [0.15, 0.2) is 82.8 Å². The molecule has 0 aliphatic carbocycles. The first-order chi connectivity index (χ1) is 14.0. The lowest BCUT2D eigenvalue weighted by Gasteiger charge is -2.11. The van der Waals surface area contributed by atoms with Crippen LogP contribution in [0.2, 0.25) is 0 Å². The number of ether oxygens (including phenoxy) is 1. The fraction of sp³-hybridized carbons (Fsp3) is 0.0952. The van der Waals surface area contributed by atoms with E-state index in [0.717, 1.165) is 5.56 Å². The van der Waals surface area contributed by atoms with E-state index in [0.29, 0.717) is 30.0 Å². The number of nitrogen functional groups attached to an aromatic ring is 1. The molecule has 0 unspecified atom stereocenters. The van der Waals surface area contributed by atoms with Gasteiger partial charge in [-0.1, -0.05) is 35.5 Å². The molecule has 0 aliphatic rings. The highest BCUT2D eigenvalue weighted by molar-refractivity contribution is 7.87. The lowest BCUT2D eigenvalue weighted by Crippen LogP contribution is -2.09. The fourth-order valence-electron chi connectivity index (χ4n) is 2.68. The molecular weight excluding hydrogens is 392 g/mol. The minimum Gasteiger partial charge on any atom is -0.493 e. The van der Waals surface area contributed by atoms with Crippen LogP contribution in [0.3, 0.4) is 0 Å². The van der Waals surface area contributed by atoms with Crippen molar-refractivity contribution in [1.82, 2.24) is 0 Å². The maximum Gasteiger partial charge on any atom is 0.339 e. The minimum atomic E-state index is -3.92. The van der Waals surface area contributed by atoms with Crippen molar-refractivity contribution in [2.45, 2.75) is 11.3 Å². The number of rotatable bonds is 8. The zero-order chi connectivity index (χ0) is 20.7. The quantitative estimate of drug-likeness (QED) is 0.193. The molecule has 0 aromatic heterocycles. The first kappa shape index (κ1) is 20.2. The summed E-state index contributed by atoms with van der Waals surface area (Å²) in [5, 5.41) is 11.8. The molecule has 0 spiro atoms. The van der Waals surface area contributed by atoms with Crippen LogP contribution in [0.5, 0.6) is 11.5 Å². The molecule has 3 aromatic carbocycles. The summed E-state index contributed by atoms with van der Waals surface area (Å²) in [5.41, 5.74) is 7.91. The molecule has 0 aliphatic heterocycles. The van der Waals surface area contributed by atoms with Crippen LogP contribution < -0.4 is 14.7 Å². The average Bonchev–Trinajstić information content (AvgIpc) is 2.70. The van der Waals surface area contributed by atoms with E-state index in [-0.39, 0.29) is 10.6 Å². The predicted octanol–water partition coefficient (Wildman–Crippen LogP) is 3.47. The van der Waals surface area contributed by atoms with Gasteiger partial charge in [0.15, 0.2) is 0 Å². The summed E-state index contributed by atoms with van der Waals surface area (Å²) in [5.74, 6) is 0.630. The Morgan fingerprint density at radius 3 is 2.48 bits per heavy atom. The van der Waals surface area contributed by atoms with Crippen LogP contribution in [0, 0.1) is 0 Å². The average molecular weight is 412 g/mol. The molecular formula is C21H20N2O5S. The van der Waals surface area contributed by atoms with Gasteiger partial charge in [-0.2, -0.15) is 8.42 Å². The van der Waals surface area contributed by atoms with Crippen LogP contribution in [-0.4, -0.2) is 26.4 Å². The van der Waals surface area contributed by atoms with E-state index in [9.17, 15) is 8.42 Å². The molecule has 0 saturated carbocycles. The molecule has 0 bridgehead atoms. The second kappa shape index (κ2) is 9.11. The largest absolute Gasteiger partial charge is 0.493 e. The summed E-state index contributed by atoms with van der Waals surface area (Å²) in [6.45, 7) is 0.324. The second-order valence-corrected chi connectivity index (χ2v) is 7.67. The number of oxime groups is 1. The van der Waals surface area contributed by atoms with Crippen LogP contribution in [0.25, 0.3) is 0 Å². The number of nitrogens with two attached hydrogens (primary N) is 1. The Morgan fingerprint density at radius 1 is 0.966 bits per heavy atom. The minimum absolute atomic E-state index is 0.0766. The molecule has 0 atom stereocenters. The maximum absolute atomic E-state index is 12.3. The second-order valence-electron chi connectivity index (χ2n) is 6.13. The van der Waals surface area contributed by atoms with Crippen LogP contribution in [-0.2, 0) is 16.5 Å². The first-order valence-corrected chi connectivity index (χ1v) is 10.2. The lowest BCUT2D eigenvalue weighted by atomic mass is 10.0. The van der Waals surface area contributed by atoms with Gasteiger partial charge >= 0.3 is 10.1 Å². The topological polar surface area (TPSA) is 111 Å². The monoisotopic (exact) mass is 412 g/mol. The van der Waals surface area contributed by atoms with Crippen molar-refractivity contribution in [3.05, 3.63) is 83.9 Å². The van der Waals surface area contributed by atoms with E-state index in [4.69, 9.17) is 19.9 Å². The number of hydrogen-bond donors (Lipinski definition) is 2. The standard InChI is InChI=1S/C21H20N2O5S/c22-18-10-9-16(17(13-18)15-23-24)11-12-27-19-5-4-6-20(14-19)28-29(25,26)21-7-2-1-3-8-21/h1-10,13-15,24H,11-12,22H2. The van der Waals surface area contributed by atoms with Crippen molar-refractivity contribution >= 4 is 22.0 Å². The van der Waals surface area contributed by atoms with E-state index in [1.165, 1.54) is 24.4 Å². The number of nitrogens with zero attached hydrogens (tertiary/aromatic N) is 1. The van der Waals surface area contributed by atoms with Gasteiger partial charge < -0.3 is 19.9 Å². The summed E-state index contributed by atoms with van der Waals surface area (Å²) in [7, 11) is -3.92. The summed E-state index contributed by atoms with van der Waals surface area (Å²) < 4.78 is 35.6. The zero-order valence-electron chi connectivity index (χ0n) is 15.4. The number of hydrogen-bond acceptors (Lipinski definition) is 7. The van der Waals surface area contributed by atoms with Gasteiger partial charge in [0.05, 0.1) is 12.8 Å². The highest BCUT2D eigenvalue weighted by atomic mass is 32.2. The molecule has 3 aromatic rings. The highest BCUT2D eigenvalue weighted by Gasteiger charge is 2.16. The van der Waals surface area contributed by atoms with E-state index >= 15 is 0 Å². The molecule has 0 fully saturated rings. The lowest BCUT2D eigenvalue weighted by molar-refractivity contribution is 0.319. The van der Waals surface area contributed by atoms with E-state index < -0.39 is 10.1 Å². The number of benzene rings is 3. The molecule has 3 N–H and O–H groups in total. The molecule has 29 heavy (non-hydrogen) atoms. The fourth-order valence-corrected chi connectivity index (χ4v) is 3.62. The SMILES string of the molecule is Nc1ccc(CCOc2cccc(OS(=O)(=O)c3ccccc3)c2)c(C=NO)c1. The van der Waals surface area contributed by atoms with Crippen molar-refractivity contribution < 1.29 is 22.5 Å². The molecule has 0 saturated heterocycles. The Bertz CT molecular complexity index is 1100. The van der Waals surface area contributed by atoms with Gasteiger partial charge in [-0.3, -0.25) is 0 Å². The zero-order valence-corrected chi connectivity index (χ0v) is 16.2. The van der Waals surface area contributed by atoms with Crippen molar-refractivity contribution in [1.29, 1.82) is 0 Å². The molecule has 150 valence electrons. The molecule has 8 heteroatoms. The van der Waals surface area contributed by atoms with Gasteiger partial charge in [0.25, 0.3) is 0 Å². The molecule has 7 nitrogen and oxygen atoms in total. The Balaban J connectivity index is 1.65. The molecule has 0 amide bonds. The third-order valence-electron chi connectivity index (χ3n) is 4.05. The normalized spacial score (nSPS) is 11.4. The third-order valence-corrected chi connectivity index (χ3v) is 5.31. The van der Waals surface area contributed by atoms with Crippen LogP contribution >= 0.6 is 0 Å². The van der Waals surface area contributed by atoms with Gasteiger partial charge in [0, 0.05) is 23.7 Å². The Morgan fingerprint density at radius 2 is 1.72 bits per heavy atom. The van der Waals surface area contributed by atoms with E-state index in [1.807, 2.05) is 6.07 Å². The van der Waals surface area contributed by atoms with Crippen LogP contribution in [0.1, 0.15) is 11.1 Å². The highest BCUT2D eigenvalue weighted by Crippen LogP contribution is 2.23. The Labute approximate surface area is 169 Å². The molecule has 0 radical (unpaired) electrons. The molecule has 0 heterocycles. The summed E-state index contributed by atoms with van der Waals surface area (Å²) in [4.78, 5) is 0.0766. The summed E-state index contributed by atoms with van der Waals surface area (Å²) in [6, 6.07) is 19.6. The van der Waals surface area contributed by atoms with Gasteiger partial charge in [-0.05, 0) is 42.0 Å². The van der Waals surface area contributed by atoms with Gasteiger partial charge in [0.1, 0.15) is 16.4 Å².